The molecular weight excluding hydrogens is 1620 g/mol. The van der Waals surface area contributed by atoms with Crippen LogP contribution in [0.1, 0.15) is 621 Å². The summed E-state index contributed by atoms with van der Waals surface area (Å²) in [5, 5.41) is 13.1. The number of rotatable bonds is 24. The molecule has 12 aromatic rings. The highest BCUT2D eigenvalue weighted by molar-refractivity contribution is 5.88. The van der Waals surface area contributed by atoms with Gasteiger partial charge in [0.05, 0.1) is 57.6 Å². The molecule has 12 aromatic heterocycles. The summed E-state index contributed by atoms with van der Waals surface area (Å²) in [6, 6.07) is 14.0. The molecule has 0 aliphatic rings. The predicted molar refractivity (Wildman–Crippen MR) is 588 cm³/mol. The summed E-state index contributed by atoms with van der Waals surface area (Å²) in [4.78, 5) is 33.8. The summed E-state index contributed by atoms with van der Waals surface area (Å²) in [6.45, 7) is 108. The molecule has 15 nitrogen and oxygen atoms in total. The number of pyridine rings is 3. The van der Waals surface area contributed by atoms with Crippen molar-refractivity contribution in [2.45, 2.75) is 520 Å². The molecule has 0 radical (unpaired) electrons. The maximum Gasteiger partial charge on any atom is 0.163 e. The highest BCUT2D eigenvalue weighted by Gasteiger charge is 2.32. The van der Waals surface area contributed by atoms with Crippen molar-refractivity contribution in [1.29, 1.82) is 0 Å². The Kier molecular flexibility index (Phi) is 46.8. The molecular formula is C117H201N15. The first-order chi connectivity index (χ1) is 58.5. The van der Waals surface area contributed by atoms with Crippen LogP contribution in [-0.2, 0) is 0 Å². The fourth-order valence-electron chi connectivity index (χ4n) is 19.3. The zero-order valence-electron chi connectivity index (χ0n) is 88.8. The molecule has 12 rings (SSSR count). The smallest absolute Gasteiger partial charge is 0.163 e. The van der Waals surface area contributed by atoms with E-state index in [1.165, 1.54) is 123 Å². The molecule has 0 aliphatic carbocycles. The molecule has 15 heteroatoms. The van der Waals surface area contributed by atoms with Crippen LogP contribution in [0.15, 0.2) is 55.1 Å². The van der Waals surface area contributed by atoms with E-state index in [0.717, 1.165) is 45.2 Å². The summed E-state index contributed by atoms with van der Waals surface area (Å²) in [5.74, 6) is 9.58. The van der Waals surface area contributed by atoms with E-state index in [1.807, 2.05) is 12.4 Å². The molecule has 0 spiro atoms. The van der Waals surface area contributed by atoms with Crippen LogP contribution in [0.2, 0.25) is 0 Å². The summed E-state index contributed by atoms with van der Waals surface area (Å²) in [5.41, 5.74) is 33.7. The lowest BCUT2D eigenvalue weighted by molar-refractivity contribution is 0.563. The minimum atomic E-state index is 0. The van der Waals surface area contributed by atoms with Crippen LogP contribution in [0.4, 0.5) is 0 Å². The van der Waals surface area contributed by atoms with Crippen molar-refractivity contribution < 1.29 is 0 Å². The van der Waals surface area contributed by atoms with Crippen LogP contribution in [0.3, 0.4) is 0 Å². The fraction of sp³-hybridized carbons (Fsp3) is 0.667. The summed E-state index contributed by atoms with van der Waals surface area (Å²) >= 11 is 0. The van der Waals surface area contributed by atoms with E-state index >= 15 is 0 Å². The average molecular weight is 1820 g/mol. The summed E-state index contributed by atoms with van der Waals surface area (Å²) < 4.78 is 14.6. The van der Waals surface area contributed by atoms with Gasteiger partial charge in [0, 0.05) is 127 Å². The van der Waals surface area contributed by atoms with Gasteiger partial charge in [0.25, 0.3) is 0 Å². The van der Waals surface area contributed by atoms with E-state index in [0.29, 0.717) is 143 Å². The number of hydrogen-bond donors (Lipinski definition) is 0. The van der Waals surface area contributed by atoms with Gasteiger partial charge in [-0.2, -0.15) is 5.10 Å². The van der Waals surface area contributed by atoms with Gasteiger partial charge in [-0.05, 0) is 236 Å². The third-order valence-electron chi connectivity index (χ3n) is 24.7. The van der Waals surface area contributed by atoms with E-state index in [1.54, 1.807) is 0 Å². The first kappa shape index (κ1) is 122. The van der Waals surface area contributed by atoms with Crippen molar-refractivity contribution in [2.75, 3.05) is 0 Å². The predicted octanol–water partition coefficient (Wildman–Crippen LogP) is 37.9. The number of aromatic nitrogens is 15. The van der Waals surface area contributed by atoms with E-state index in [2.05, 4.69) is 418 Å². The van der Waals surface area contributed by atoms with Crippen molar-refractivity contribution in [3.8, 4) is 0 Å². The third kappa shape index (κ3) is 26.0. The SMILES string of the molecule is C.C.C.C.C.C.CC(C)c1cc2c(C(C)C)c(C(C)C)n(C(C)C)c2cn1.CC(C)c1cc2c(C(C)C)c(C(C)C)n(C(C)C)c2nn1.CC(C)c1ccc2c(n1)c(C(C)C)c(C(C)C)n2C(C)C.CC(C)c1cnc2c(c1)c(C(C)C)c(C(C)C)n2C(C)C.CC(C)c1cnc2c(n1)c(C(C)C)c(C(C)C)n2C(C)C.CC(C)c1ncc2c(n1)c(C(C)C)c(C(C)C)n2C(C)C. The Morgan fingerprint density at radius 1 is 0.197 bits per heavy atom. The molecule has 0 fully saturated rings. The van der Waals surface area contributed by atoms with Gasteiger partial charge >= 0.3 is 0 Å². The second-order valence-corrected chi connectivity index (χ2v) is 43.7. The van der Waals surface area contributed by atoms with Crippen molar-refractivity contribution in [1.82, 2.24) is 72.5 Å². The molecule has 132 heavy (non-hydrogen) atoms. The molecule has 0 aliphatic heterocycles. The van der Waals surface area contributed by atoms with Crippen LogP contribution in [0, 0.1) is 0 Å². The molecule has 0 atom stereocenters. The van der Waals surface area contributed by atoms with Crippen LogP contribution >= 0.6 is 0 Å². The quantitative estimate of drug-likeness (QED) is 0.0577. The van der Waals surface area contributed by atoms with Crippen molar-refractivity contribution in [3.63, 3.8) is 0 Å². The minimum Gasteiger partial charge on any atom is -0.340 e. The molecule has 0 N–H and O–H groups in total. The van der Waals surface area contributed by atoms with Gasteiger partial charge in [0.2, 0.25) is 0 Å². The Morgan fingerprint density at radius 2 is 0.508 bits per heavy atom. The van der Waals surface area contributed by atoms with Gasteiger partial charge in [-0.1, -0.05) is 294 Å². The normalized spacial score (nSPS) is 12.0. The Hall–Kier alpha value is -8.07. The standard InChI is InChI=1S/3C19H30N2.3C18H29N3.6CH4/c1-11(2)16-9-15-17(10-20-16)21(14(7)8)19(13(5)6)18(15)12(3)4;1-11(2)15-9-16-17(12(3)4)18(13(5)6)21(14(7)8)19(16)20-10-15;1-11(2)15-9-10-16-18(20-15)17(12(3)4)19(13(5)6)21(16)14(7)8;1-10(2)15-16-14(9-19-18(20-16)12(5)6)21(13(7)8)17(15)11(3)4;1-10(2)15-9-14-16(11(3)4)17(12(5)6)21(13(7)8)18(14)20-19-15;1-10(2)14-9-19-18-16(20-14)15(11(3)4)17(12(5)6)21(18)13(7)8;;;;;;/h3*9-14H,1-8H3;3*9-13H,1-8H3;6*1H4. The van der Waals surface area contributed by atoms with Gasteiger partial charge in [-0.3, -0.25) is 9.97 Å². The van der Waals surface area contributed by atoms with Crippen LogP contribution < -0.4 is 0 Å². The molecule has 0 aromatic carbocycles. The number of fused-ring (bicyclic) bond motifs is 6. The lowest BCUT2D eigenvalue weighted by Crippen LogP contribution is -2.09. The largest absolute Gasteiger partial charge is 0.340 e. The number of nitrogens with zero attached hydrogens (tertiary/aromatic N) is 15. The topological polar surface area (TPSA) is 146 Å². The molecule has 0 amide bonds. The Morgan fingerprint density at radius 3 is 0.886 bits per heavy atom. The van der Waals surface area contributed by atoms with Gasteiger partial charge in [0.15, 0.2) is 11.3 Å². The fourth-order valence-corrected chi connectivity index (χ4v) is 19.3. The molecule has 0 unspecified atom stereocenters. The number of hydrogen-bond acceptors (Lipinski definition) is 9. The zero-order valence-corrected chi connectivity index (χ0v) is 88.8. The van der Waals surface area contributed by atoms with Crippen molar-refractivity contribution in [3.05, 3.63) is 157 Å². The third-order valence-corrected chi connectivity index (χ3v) is 24.7. The Labute approximate surface area is 810 Å². The molecule has 0 bridgehead atoms. The highest BCUT2D eigenvalue weighted by Crippen LogP contribution is 2.46. The van der Waals surface area contributed by atoms with Crippen LogP contribution in [0.25, 0.3) is 66.2 Å². The van der Waals surface area contributed by atoms with Gasteiger partial charge < -0.3 is 27.4 Å². The van der Waals surface area contributed by atoms with Gasteiger partial charge in [0.1, 0.15) is 17.0 Å². The van der Waals surface area contributed by atoms with Gasteiger partial charge in [-0.15, -0.1) is 5.10 Å². The highest BCUT2D eigenvalue weighted by atomic mass is 15.2. The lowest BCUT2D eigenvalue weighted by atomic mass is 9.93. The first-order valence-electron chi connectivity index (χ1n) is 49.4. The Balaban J connectivity index is 0.000000785. The minimum absolute atomic E-state index is 0. The van der Waals surface area contributed by atoms with Crippen LogP contribution in [-0.4, -0.2) is 72.5 Å². The second kappa shape index (κ2) is 50.7. The second-order valence-electron chi connectivity index (χ2n) is 43.7. The van der Waals surface area contributed by atoms with E-state index in [9.17, 15) is 0 Å². The van der Waals surface area contributed by atoms with Gasteiger partial charge in [-0.25, -0.2) is 24.9 Å². The van der Waals surface area contributed by atoms with E-state index < -0.39 is 0 Å². The van der Waals surface area contributed by atoms with Crippen LogP contribution in [0.5, 0.6) is 0 Å². The molecule has 0 saturated heterocycles. The maximum atomic E-state index is 5.02. The molecule has 12 heterocycles. The van der Waals surface area contributed by atoms with Crippen molar-refractivity contribution in [2.24, 2.45) is 0 Å². The summed E-state index contributed by atoms with van der Waals surface area (Å²) in [6.07, 6.45) is 8.11. The average Bonchev–Trinajstić information content (AvgIpc) is 1.64. The molecule has 0 saturated carbocycles. The Bertz CT molecular complexity index is 4680. The summed E-state index contributed by atoms with van der Waals surface area (Å²) in [7, 11) is 0. The lowest BCUT2D eigenvalue weighted by Gasteiger charge is -2.19. The van der Waals surface area contributed by atoms with E-state index in [4.69, 9.17) is 29.9 Å². The van der Waals surface area contributed by atoms with E-state index in [-0.39, 0.29) is 44.6 Å². The monoisotopic (exact) mass is 1820 g/mol. The first-order valence-corrected chi connectivity index (χ1v) is 49.4. The molecule has 744 valence electrons. The van der Waals surface area contributed by atoms with Crippen molar-refractivity contribution >= 4 is 66.2 Å². The zero-order chi connectivity index (χ0) is 95.4. The maximum absolute atomic E-state index is 5.02.